The van der Waals surface area contributed by atoms with Crippen molar-refractivity contribution in [3.63, 3.8) is 0 Å². The van der Waals surface area contributed by atoms with Crippen LogP contribution in [-0.4, -0.2) is 22.2 Å². The van der Waals surface area contributed by atoms with Crippen molar-refractivity contribution in [3.8, 4) is 89.0 Å². The number of fused-ring (bicyclic) bond motifs is 12. The van der Waals surface area contributed by atoms with Crippen molar-refractivity contribution in [1.29, 1.82) is 0 Å². The molecule has 4 heteroatoms. The van der Waals surface area contributed by atoms with Crippen molar-refractivity contribution >= 4 is 45.5 Å². The molecule has 7 aliphatic carbocycles. The lowest BCUT2D eigenvalue weighted by atomic mass is 9.77. The summed E-state index contributed by atoms with van der Waals surface area (Å²) in [5.41, 5.74) is 49.1. The topological polar surface area (TPSA) is 13.0 Å². The van der Waals surface area contributed by atoms with Crippen LogP contribution in [0.3, 0.4) is 0 Å². The summed E-state index contributed by atoms with van der Waals surface area (Å²) in [4.78, 5) is 10.5. The van der Waals surface area contributed by atoms with Gasteiger partial charge in [-0.25, -0.2) is 0 Å². The van der Waals surface area contributed by atoms with E-state index in [4.69, 9.17) is 0 Å². The van der Waals surface area contributed by atoms with Gasteiger partial charge in [-0.1, -0.05) is 424 Å². The number of para-hydroxylation sites is 4. The largest absolute Gasteiger partial charge is 0.335 e. The predicted octanol–water partition coefficient (Wildman–Crippen LogP) is 40.3. The van der Waals surface area contributed by atoms with Gasteiger partial charge in [-0.15, -0.1) is 0 Å². The second-order valence-corrected chi connectivity index (χ2v) is 49.9. The molecule has 0 spiro atoms. The van der Waals surface area contributed by atoms with E-state index in [1.165, 1.54) is 266 Å². The van der Waals surface area contributed by atoms with Gasteiger partial charge in [0.1, 0.15) is 0 Å². The maximum Gasteiger partial charge on any atom is 0.0495 e. The maximum atomic E-state index is 2.65. The molecule has 0 aliphatic heterocycles. The minimum atomic E-state index is -0.132. The molecular weight excluding hydrogens is 1760 g/mol. The van der Waals surface area contributed by atoms with E-state index in [0.29, 0.717) is 17.8 Å². The molecule has 0 atom stereocenters. The number of anilines is 8. The summed E-state index contributed by atoms with van der Waals surface area (Å²) in [6, 6.07) is 136. The normalized spacial score (nSPS) is 15.9. The van der Waals surface area contributed by atoms with Gasteiger partial charge >= 0.3 is 0 Å². The third-order valence-corrected chi connectivity index (χ3v) is 33.1. The van der Waals surface area contributed by atoms with Crippen LogP contribution in [0.15, 0.2) is 364 Å². The summed E-state index contributed by atoms with van der Waals surface area (Å²) in [7, 11) is 0. The van der Waals surface area contributed by atoms with Crippen LogP contribution in [0.5, 0.6) is 0 Å². The Morgan fingerprint density at radius 1 is 0.178 bits per heavy atom. The fraction of sp³-hybridized carbons (Fsp3) is 0.324. The Kier molecular flexibility index (Phi) is 26.6. The monoisotopic (exact) mass is 1920 g/mol. The van der Waals surface area contributed by atoms with Crippen molar-refractivity contribution in [1.82, 2.24) is 0 Å². The van der Waals surface area contributed by atoms with Gasteiger partial charge in [0, 0.05) is 112 Å². The minimum Gasteiger partial charge on any atom is -0.335 e. The molecule has 0 bridgehead atoms. The fourth-order valence-electron chi connectivity index (χ4n) is 25.9. The van der Waals surface area contributed by atoms with E-state index in [1.807, 2.05) is 0 Å². The maximum absolute atomic E-state index is 2.65. The third kappa shape index (κ3) is 18.7. The van der Waals surface area contributed by atoms with Crippen molar-refractivity contribution in [2.45, 2.75) is 297 Å². The first-order valence-corrected chi connectivity index (χ1v) is 54.6. The molecule has 0 N–H and O–H groups in total. The third-order valence-electron chi connectivity index (χ3n) is 33.1. The molecule has 23 rings (SSSR count). The highest BCUT2D eigenvalue weighted by atomic mass is 15.2. The number of hydrogen-bond donors (Lipinski definition) is 0. The summed E-state index contributed by atoms with van der Waals surface area (Å²) in [6.07, 6.45) is 14.4. The molecule has 3 fully saturated rings. The van der Waals surface area contributed by atoms with Gasteiger partial charge < -0.3 is 19.6 Å². The average Bonchev–Trinajstić information content (AvgIpc) is 1.55. The van der Waals surface area contributed by atoms with Crippen molar-refractivity contribution in [2.24, 2.45) is 0 Å². The summed E-state index contributed by atoms with van der Waals surface area (Å²) < 4.78 is 0. The standard InChI is InChI=1S/C37H41N.C36H39N.C35H39N.C34H35N/c1-36(2,3)38(34-23-15-13-20-28(34)26-16-8-6-9-17-26)35-25-31-29-21-12-14-22-32(29)37(4,5)33(31)24-30(35)27-18-10-7-11-19-27;1-35(2,3)37(33-22-14-12-19-27(33)25-15-7-6-8-16-25)34-24-30-28-20-11-13-21-31(28)36(4,5)32(30)23-29(34)26-17-9-10-18-26;1-33(2,3)30-23-29-27(26-19-12-14-20-28(26)35(29,7)8)22-32(30)36(34(4,5)6)31-21-15-13-18-25(31)24-16-10-9-11-17-24;1-33(2,3)35(31-18-12-10-15-25(31)23-13-7-6-8-14-23)32-22-28-26-16-9-11-17-29(26)34(4,5)30(28)21-27(32)24-19-20-24/h6,8-9,12-17,20-25,27H,7,10-11,18-19H2,1-5H3;6-8,11-16,19-24,26H,9-10,17-18H2,1-5H3;9-23H,1-8H3;6-18,21-22,24H,19-20H2,1-5H3. The van der Waals surface area contributed by atoms with Crippen LogP contribution in [0.2, 0.25) is 0 Å². The number of nitrogens with zero attached hydrogens (tertiary/aromatic N) is 4. The van der Waals surface area contributed by atoms with E-state index in [-0.39, 0.29) is 49.2 Å². The van der Waals surface area contributed by atoms with Crippen LogP contribution >= 0.6 is 0 Å². The highest BCUT2D eigenvalue weighted by molar-refractivity contribution is 5.96. The Bertz CT molecular complexity index is 7480. The Balaban J connectivity index is 0.000000118. The molecule has 146 heavy (non-hydrogen) atoms. The molecule has 0 amide bonds. The average molecular weight is 1920 g/mol. The number of hydrogen-bond acceptors (Lipinski definition) is 4. The summed E-state index contributed by atoms with van der Waals surface area (Å²) in [5.74, 6) is 1.88. The molecule has 0 unspecified atom stereocenters. The van der Waals surface area contributed by atoms with Gasteiger partial charge in [0.2, 0.25) is 0 Å². The van der Waals surface area contributed by atoms with Gasteiger partial charge in [0.15, 0.2) is 0 Å². The van der Waals surface area contributed by atoms with Gasteiger partial charge in [0.05, 0.1) is 0 Å². The summed E-state index contributed by atoms with van der Waals surface area (Å²) in [6.45, 7) is 54.4. The molecule has 0 radical (unpaired) electrons. The molecule has 16 aromatic carbocycles. The first kappa shape index (κ1) is 100. The molecule has 0 heterocycles. The Morgan fingerprint density at radius 2 is 0.377 bits per heavy atom. The Labute approximate surface area is 875 Å². The fourth-order valence-corrected chi connectivity index (χ4v) is 25.9. The molecule has 7 aliphatic rings. The predicted molar refractivity (Wildman–Crippen MR) is 629 cm³/mol. The first-order valence-electron chi connectivity index (χ1n) is 54.6. The lowest BCUT2D eigenvalue weighted by Gasteiger charge is -2.42. The highest BCUT2D eigenvalue weighted by Gasteiger charge is 2.46. The quantitative estimate of drug-likeness (QED) is 0.101. The second-order valence-electron chi connectivity index (χ2n) is 49.9. The molecular formula is C142H154N4. The molecule has 742 valence electrons. The van der Waals surface area contributed by atoms with Crippen LogP contribution in [-0.2, 0) is 27.1 Å². The van der Waals surface area contributed by atoms with E-state index in [2.05, 4.69) is 543 Å². The first-order chi connectivity index (χ1) is 69.7. The minimum absolute atomic E-state index is 0.0135. The van der Waals surface area contributed by atoms with Crippen molar-refractivity contribution in [3.05, 3.63) is 431 Å². The number of benzene rings is 16. The molecule has 0 aromatic heterocycles. The summed E-state index contributed by atoms with van der Waals surface area (Å²) in [5, 5.41) is 0. The van der Waals surface area contributed by atoms with Crippen LogP contribution in [0.25, 0.3) is 89.0 Å². The van der Waals surface area contributed by atoms with Gasteiger partial charge in [-0.2, -0.15) is 0 Å². The SMILES string of the molecule is CC(C)(C)c1cc2c(cc1N(c1ccccc1-c1ccccc1)C(C)(C)C)-c1ccccc1C2(C)C.CC1(C)c2ccccc2-c2cc(N(c3ccccc3-c3ccccc3)C(C)(C)C)c(C3CC3)cc21.CC1(C)c2ccccc2-c2cc(N(c3ccccc3-c3ccccc3)C(C)(C)C)c(C3CCCC3)cc21.CC1(C)c2ccccc2-c2cc(N(c3ccccc3-c3ccccc3)C(C)(C)C)c(C3CCCCC3)cc21. The van der Waals surface area contributed by atoms with Gasteiger partial charge in [-0.05, 0) is 327 Å². The van der Waals surface area contributed by atoms with E-state index in [0.717, 1.165) is 0 Å². The lowest BCUT2D eigenvalue weighted by molar-refractivity contribution is 0.441. The zero-order chi connectivity index (χ0) is 103. The van der Waals surface area contributed by atoms with E-state index in [1.54, 1.807) is 5.56 Å². The zero-order valence-corrected chi connectivity index (χ0v) is 91.4. The molecule has 16 aromatic rings. The van der Waals surface area contributed by atoms with Crippen molar-refractivity contribution < 1.29 is 0 Å². The van der Waals surface area contributed by atoms with Crippen LogP contribution in [0.4, 0.5) is 45.5 Å². The van der Waals surface area contributed by atoms with E-state index >= 15 is 0 Å². The second kappa shape index (κ2) is 38.8. The molecule has 0 saturated heterocycles. The smallest absolute Gasteiger partial charge is 0.0495 e. The Hall–Kier alpha value is -13.3. The van der Waals surface area contributed by atoms with Gasteiger partial charge in [-0.3, -0.25) is 0 Å². The van der Waals surface area contributed by atoms with E-state index < -0.39 is 0 Å². The van der Waals surface area contributed by atoms with Crippen LogP contribution < -0.4 is 19.6 Å². The van der Waals surface area contributed by atoms with Crippen LogP contribution in [0, 0.1) is 0 Å². The molecule has 4 nitrogen and oxygen atoms in total. The van der Waals surface area contributed by atoms with E-state index in [9.17, 15) is 0 Å². The Morgan fingerprint density at radius 3 is 0.616 bits per heavy atom. The summed E-state index contributed by atoms with van der Waals surface area (Å²) >= 11 is 0. The highest BCUT2D eigenvalue weighted by Crippen LogP contribution is 2.62. The molecule has 3 saturated carbocycles. The number of rotatable bonds is 15. The van der Waals surface area contributed by atoms with Crippen molar-refractivity contribution in [2.75, 3.05) is 19.6 Å². The van der Waals surface area contributed by atoms with Crippen LogP contribution in [0.1, 0.15) is 314 Å². The van der Waals surface area contributed by atoms with Gasteiger partial charge in [0.25, 0.3) is 0 Å². The zero-order valence-electron chi connectivity index (χ0n) is 91.4. The lowest BCUT2D eigenvalue weighted by Crippen LogP contribution is -2.39.